The maximum absolute atomic E-state index is 13.2. The first kappa shape index (κ1) is 39.7. The van der Waals surface area contributed by atoms with Gasteiger partial charge in [0.05, 0.1) is 29.4 Å². The molecular weight excluding hydrogens is 765 g/mol. The topological polar surface area (TPSA) is 154 Å². The molecule has 1 unspecified atom stereocenters. The number of aromatic nitrogens is 3. The number of hydrogen-bond donors (Lipinski definition) is 1. The molecule has 14 heteroatoms. The van der Waals surface area contributed by atoms with E-state index in [9.17, 15) is 19.2 Å². The second kappa shape index (κ2) is 16.7. The van der Waals surface area contributed by atoms with Gasteiger partial charge >= 0.3 is 0 Å². The number of pyridine rings is 2. The van der Waals surface area contributed by atoms with Crippen LogP contribution < -0.4 is 14.8 Å². The van der Waals surface area contributed by atoms with E-state index in [4.69, 9.17) is 18.9 Å². The maximum atomic E-state index is 13.2. The largest absolute Gasteiger partial charge is 0.490 e. The first-order valence-corrected chi connectivity index (χ1v) is 21.0. The Bertz CT molecular complexity index is 2440. The highest BCUT2D eigenvalue weighted by Gasteiger charge is 2.45. The summed E-state index contributed by atoms with van der Waals surface area (Å²) >= 11 is 0. The highest BCUT2D eigenvalue weighted by Crippen LogP contribution is 2.36. The molecule has 2 aromatic carbocycles. The zero-order chi connectivity index (χ0) is 41.5. The van der Waals surface area contributed by atoms with E-state index in [0.29, 0.717) is 43.5 Å². The van der Waals surface area contributed by atoms with Gasteiger partial charge in [0.2, 0.25) is 17.7 Å². The average Bonchev–Trinajstić information content (AvgIpc) is 3.64. The molecule has 5 aromatic rings. The Morgan fingerprint density at radius 1 is 0.800 bits per heavy atom. The zero-order valence-electron chi connectivity index (χ0n) is 34.2. The van der Waals surface area contributed by atoms with E-state index in [2.05, 4.69) is 69.9 Å². The van der Waals surface area contributed by atoms with Crippen LogP contribution in [0.2, 0.25) is 0 Å². The van der Waals surface area contributed by atoms with Crippen molar-refractivity contribution in [3.63, 3.8) is 0 Å². The minimum Gasteiger partial charge on any atom is -0.490 e. The first-order chi connectivity index (χ1) is 29.1. The molecule has 2 aliphatic heterocycles. The van der Waals surface area contributed by atoms with E-state index in [1.807, 2.05) is 30.7 Å². The number of rotatable bonds is 16. The van der Waals surface area contributed by atoms with Crippen LogP contribution in [0, 0.1) is 0 Å². The summed E-state index contributed by atoms with van der Waals surface area (Å²) in [6, 6.07) is 17.1. The van der Waals surface area contributed by atoms with Gasteiger partial charge in [0.25, 0.3) is 11.8 Å². The zero-order valence-corrected chi connectivity index (χ0v) is 34.2. The second-order valence-electron chi connectivity index (χ2n) is 16.6. The van der Waals surface area contributed by atoms with Crippen LogP contribution in [0.15, 0.2) is 73.2 Å². The molecule has 312 valence electrons. The Labute approximate surface area is 348 Å². The average molecular weight is 815 g/mol. The number of nitrogens with zero attached hydrogens (tertiary/aromatic N) is 5. The van der Waals surface area contributed by atoms with Gasteiger partial charge in [0.15, 0.2) is 0 Å². The molecule has 4 amide bonds. The number of carbonyl (C=O) groups is 4. The lowest BCUT2D eigenvalue weighted by atomic mass is 9.87. The summed E-state index contributed by atoms with van der Waals surface area (Å²) < 4.78 is 26.7. The number of nitrogens with one attached hydrogen (secondary N) is 1. The third-order valence-corrected chi connectivity index (χ3v) is 12.4. The molecule has 3 aromatic heterocycles. The fraction of sp³-hybridized carbons (Fsp3) is 0.435. The van der Waals surface area contributed by atoms with Crippen LogP contribution >= 0.6 is 0 Å². The van der Waals surface area contributed by atoms with Crippen molar-refractivity contribution in [2.24, 2.45) is 7.05 Å². The molecule has 0 spiro atoms. The standard InChI is InChI=1S/C46H50N6O8/c1-27(2)51(30-20-33(21-30)59-31-7-9-36-37(24-31)46(56)52(45(36)55)40-10-11-42(53)49-44(40)54)15-18-57-16-4-17-58-32-22-34(23-32)60-43-12-6-29(25-48-43)28-5-8-35-38-26-47-14-13-39(38)50(3)41(35)19-28/h5-9,12-14,19,24-27,30,32-34,40H,4,10-11,15-18,20-23H2,1-3H3,(H,49,53,54). The van der Waals surface area contributed by atoms with Crippen molar-refractivity contribution in [2.75, 3.05) is 26.4 Å². The van der Waals surface area contributed by atoms with Gasteiger partial charge < -0.3 is 23.5 Å². The smallest absolute Gasteiger partial charge is 0.262 e. The number of fused-ring (bicyclic) bond motifs is 4. The lowest BCUT2D eigenvalue weighted by molar-refractivity contribution is -0.136. The molecule has 9 rings (SSSR count). The van der Waals surface area contributed by atoms with E-state index in [1.54, 1.807) is 18.2 Å². The number of amides is 4. The van der Waals surface area contributed by atoms with Gasteiger partial charge in [-0.3, -0.25) is 39.3 Å². The Morgan fingerprint density at radius 2 is 1.60 bits per heavy atom. The number of hydrogen-bond acceptors (Lipinski definition) is 11. The van der Waals surface area contributed by atoms with Crippen LogP contribution in [0.3, 0.4) is 0 Å². The number of ether oxygens (including phenoxy) is 4. The third-order valence-electron chi connectivity index (χ3n) is 12.4. The molecule has 5 heterocycles. The molecule has 0 radical (unpaired) electrons. The van der Waals surface area contributed by atoms with Gasteiger partial charge in [0, 0.05) is 118 Å². The highest BCUT2D eigenvalue weighted by molar-refractivity contribution is 6.23. The molecule has 14 nitrogen and oxygen atoms in total. The van der Waals surface area contributed by atoms with E-state index in [0.717, 1.165) is 71.1 Å². The van der Waals surface area contributed by atoms with E-state index >= 15 is 0 Å². The quantitative estimate of drug-likeness (QED) is 0.0944. The minimum absolute atomic E-state index is 0.0136. The fourth-order valence-electron chi connectivity index (χ4n) is 8.94. The van der Waals surface area contributed by atoms with Crippen molar-refractivity contribution in [3.8, 4) is 22.8 Å². The van der Waals surface area contributed by atoms with E-state index in [-0.39, 0.29) is 42.3 Å². The van der Waals surface area contributed by atoms with Gasteiger partial charge in [-0.1, -0.05) is 12.1 Å². The SMILES string of the molecule is CC(C)N(CCOCCCOC1CC(Oc2ccc(-c3ccc4c5cnccc5n(C)c4c3)cn2)C1)C1CC(Oc2ccc3c(c2)C(=O)N(C2CCC(=O)NC2=O)C3=O)C1. The van der Waals surface area contributed by atoms with Crippen LogP contribution in [-0.4, -0.2) is 111 Å². The fourth-order valence-corrected chi connectivity index (χ4v) is 8.94. The summed E-state index contributed by atoms with van der Waals surface area (Å²) in [5.41, 5.74) is 4.93. The van der Waals surface area contributed by atoms with Gasteiger partial charge in [-0.2, -0.15) is 0 Å². The van der Waals surface area contributed by atoms with Crippen LogP contribution in [0.5, 0.6) is 11.6 Å². The number of piperidine rings is 1. The van der Waals surface area contributed by atoms with Gasteiger partial charge in [-0.25, -0.2) is 4.98 Å². The summed E-state index contributed by atoms with van der Waals surface area (Å²) in [6.07, 6.45) is 10.3. The van der Waals surface area contributed by atoms with E-state index in [1.165, 1.54) is 5.39 Å². The molecule has 0 bridgehead atoms. The molecule has 4 aliphatic rings. The highest BCUT2D eigenvalue weighted by atomic mass is 16.5. The van der Waals surface area contributed by atoms with Gasteiger partial charge in [-0.15, -0.1) is 0 Å². The van der Waals surface area contributed by atoms with Gasteiger partial charge in [0.1, 0.15) is 24.0 Å². The van der Waals surface area contributed by atoms with Crippen molar-refractivity contribution in [1.82, 2.24) is 29.7 Å². The molecule has 60 heavy (non-hydrogen) atoms. The van der Waals surface area contributed by atoms with Crippen LogP contribution in [0.25, 0.3) is 32.9 Å². The first-order valence-electron chi connectivity index (χ1n) is 21.0. The van der Waals surface area contributed by atoms with Crippen LogP contribution in [0.1, 0.15) is 79.5 Å². The summed E-state index contributed by atoms with van der Waals surface area (Å²) in [4.78, 5) is 62.5. The molecule has 1 N–H and O–H groups in total. The van der Waals surface area contributed by atoms with Crippen molar-refractivity contribution < 1.29 is 38.1 Å². The Balaban J connectivity index is 0.650. The van der Waals surface area contributed by atoms with Crippen LogP contribution in [-0.2, 0) is 26.1 Å². The second-order valence-corrected chi connectivity index (χ2v) is 16.6. The summed E-state index contributed by atoms with van der Waals surface area (Å²) in [7, 11) is 2.08. The summed E-state index contributed by atoms with van der Waals surface area (Å²) in [5.74, 6) is -0.948. The Morgan fingerprint density at radius 3 is 2.38 bits per heavy atom. The van der Waals surface area contributed by atoms with Crippen molar-refractivity contribution in [3.05, 3.63) is 84.3 Å². The third kappa shape index (κ3) is 7.86. The predicted molar refractivity (Wildman–Crippen MR) is 223 cm³/mol. The molecular formula is C46H50N6O8. The molecule has 3 fully saturated rings. The van der Waals surface area contributed by atoms with Crippen LogP contribution in [0.4, 0.5) is 0 Å². The maximum Gasteiger partial charge on any atom is 0.262 e. The van der Waals surface area contributed by atoms with Gasteiger partial charge in [-0.05, 0) is 68.7 Å². The number of imide groups is 2. The monoisotopic (exact) mass is 814 g/mol. The predicted octanol–water partition coefficient (Wildman–Crippen LogP) is 5.84. The number of benzene rings is 2. The minimum atomic E-state index is -0.994. The molecule has 1 atom stereocenters. The Hall–Kier alpha value is -5.70. The lowest BCUT2D eigenvalue weighted by Gasteiger charge is -2.44. The van der Waals surface area contributed by atoms with Crippen molar-refractivity contribution in [1.29, 1.82) is 0 Å². The molecule has 2 saturated carbocycles. The van der Waals surface area contributed by atoms with Crippen molar-refractivity contribution in [2.45, 2.75) is 95.2 Å². The summed E-state index contributed by atoms with van der Waals surface area (Å²) in [5, 5.41) is 4.57. The number of carbonyl (C=O) groups excluding carboxylic acids is 4. The number of aryl methyl sites for hydroxylation is 1. The normalized spacial score (nSPS) is 22.7. The van der Waals surface area contributed by atoms with Crippen molar-refractivity contribution >= 4 is 45.4 Å². The van der Waals surface area contributed by atoms with E-state index < -0.39 is 29.7 Å². The summed E-state index contributed by atoms with van der Waals surface area (Å²) in [6.45, 7) is 7.10. The Kier molecular flexibility index (Phi) is 11.1. The lowest BCUT2D eigenvalue weighted by Crippen LogP contribution is -2.54. The molecule has 1 saturated heterocycles. The molecule has 2 aliphatic carbocycles.